The van der Waals surface area contributed by atoms with Gasteiger partial charge in [0.1, 0.15) is 0 Å². The second-order valence-corrected chi connectivity index (χ2v) is 3.65. The summed E-state index contributed by atoms with van der Waals surface area (Å²) >= 11 is 0. The number of urea groups is 1. The van der Waals surface area contributed by atoms with Crippen molar-refractivity contribution in [3.05, 3.63) is 0 Å². The summed E-state index contributed by atoms with van der Waals surface area (Å²) in [4.78, 5) is 13.0. The first-order valence-electron chi connectivity index (χ1n) is 4.26. The highest BCUT2D eigenvalue weighted by Crippen LogP contribution is 2.36. The maximum Gasteiger partial charge on any atom is 0.317 e. The first kappa shape index (κ1) is 6.95. The monoisotopic (exact) mass is 154 g/mol. The number of carbonyl (C=O) groups is 1. The number of hydrogen-bond acceptors (Lipinski definition) is 1. The second kappa shape index (κ2) is 2.13. The molecule has 0 aromatic heterocycles. The van der Waals surface area contributed by atoms with E-state index in [0.29, 0.717) is 0 Å². The van der Waals surface area contributed by atoms with Crippen molar-refractivity contribution < 1.29 is 4.79 Å². The van der Waals surface area contributed by atoms with Crippen molar-refractivity contribution >= 4 is 6.03 Å². The maximum absolute atomic E-state index is 11.2. The highest BCUT2D eigenvalue weighted by atomic mass is 16.2. The summed E-state index contributed by atoms with van der Waals surface area (Å²) in [5.74, 6) is 0. The van der Waals surface area contributed by atoms with E-state index in [0.717, 1.165) is 6.54 Å². The van der Waals surface area contributed by atoms with E-state index in [4.69, 9.17) is 0 Å². The highest BCUT2D eigenvalue weighted by molar-refractivity contribution is 5.77. The van der Waals surface area contributed by atoms with Crippen molar-refractivity contribution in [1.29, 1.82) is 0 Å². The summed E-state index contributed by atoms with van der Waals surface area (Å²) in [6.07, 6.45) is 4.92. The van der Waals surface area contributed by atoms with E-state index in [1.807, 2.05) is 11.9 Å². The predicted octanol–water partition coefficient (Wildman–Crippen LogP) is 0.954. The van der Waals surface area contributed by atoms with Gasteiger partial charge in [-0.25, -0.2) is 4.79 Å². The Morgan fingerprint density at radius 2 is 2.09 bits per heavy atom. The molecule has 0 radical (unpaired) electrons. The SMILES string of the molecule is CN1C(=O)NCC12CCCC2. The molecule has 11 heavy (non-hydrogen) atoms. The fourth-order valence-corrected chi connectivity index (χ4v) is 2.24. The number of hydrogen-bond donors (Lipinski definition) is 1. The van der Waals surface area contributed by atoms with E-state index in [-0.39, 0.29) is 11.6 Å². The maximum atomic E-state index is 11.2. The molecule has 1 saturated heterocycles. The van der Waals surface area contributed by atoms with Gasteiger partial charge in [0.05, 0.1) is 5.54 Å². The van der Waals surface area contributed by atoms with Gasteiger partial charge in [-0.3, -0.25) is 0 Å². The zero-order valence-electron chi connectivity index (χ0n) is 6.89. The summed E-state index contributed by atoms with van der Waals surface area (Å²) in [5, 5.41) is 2.89. The van der Waals surface area contributed by atoms with Gasteiger partial charge in [0.15, 0.2) is 0 Å². The minimum atomic E-state index is 0.104. The van der Waals surface area contributed by atoms with Crippen molar-refractivity contribution in [2.75, 3.05) is 13.6 Å². The van der Waals surface area contributed by atoms with Gasteiger partial charge < -0.3 is 10.2 Å². The molecule has 1 aliphatic heterocycles. The van der Waals surface area contributed by atoms with Crippen molar-refractivity contribution in [1.82, 2.24) is 10.2 Å². The van der Waals surface area contributed by atoms with Gasteiger partial charge in [-0.15, -0.1) is 0 Å². The number of likely N-dealkylation sites (N-methyl/N-ethyl adjacent to an activating group) is 1. The third kappa shape index (κ3) is 0.832. The van der Waals surface area contributed by atoms with E-state index < -0.39 is 0 Å². The molecule has 1 saturated carbocycles. The Morgan fingerprint density at radius 3 is 2.55 bits per heavy atom. The molecule has 1 N–H and O–H groups in total. The van der Waals surface area contributed by atoms with Gasteiger partial charge in [0.25, 0.3) is 0 Å². The molecule has 0 unspecified atom stereocenters. The molecule has 0 bridgehead atoms. The fraction of sp³-hybridized carbons (Fsp3) is 0.875. The van der Waals surface area contributed by atoms with Gasteiger partial charge >= 0.3 is 6.03 Å². The standard InChI is InChI=1S/C8H14N2O/c1-10-7(11)9-6-8(10)4-2-3-5-8/h2-6H2,1H3,(H,9,11). The summed E-state index contributed by atoms with van der Waals surface area (Å²) in [6.45, 7) is 0.863. The van der Waals surface area contributed by atoms with Crippen LogP contribution in [0.2, 0.25) is 0 Å². The Kier molecular flexibility index (Phi) is 1.34. The van der Waals surface area contributed by atoms with E-state index in [1.54, 1.807) is 0 Å². The third-order valence-corrected chi connectivity index (χ3v) is 3.12. The summed E-state index contributed by atoms with van der Waals surface area (Å²) in [7, 11) is 1.91. The molecule has 0 aromatic rings. The molecule has 2 amide bonds. The average Bonchev–Trinajstić information content (AvgIpc) is 2.56. The van der Waals surface area contributed by atoms with Gasteiger partial charge in [0, 0.05) is 13.6 Å². The van der Waals surface area contributed by atoms with Crippen LogP contribution < -0.4 is 5.32 Å². The predicted molar refractivity (Wildman–Crippen MR) is 42.4 cm³/mol. The zero-order chi connectivity index (χ0) is 7.90. The Morgan fingerprint density at radius 1 is 1.45 bits per heavy atom. The topological polar surface area (TPSA) is 32.3 Å². The van der Waals surface area contributed by atoms with Crippen LogP contribution in [0.15, 0.2) is 0 Å². The molecular weight excluding hydrogens is 140 g/mol. The van der Waals surface area contributed by atoms with Crippen molar-refractivity contribution in [3.8, 4) is 0 Å². The molecule has 0 atom stereocenters. The van der Waals surface area contributed by atoms with Crippen LogP contribution in [0.4, 0.5) is 4.79 Å². The van der Waals surface area contributed by atoms with Gasteiger partial charge in [-0.2, -0.15) is 0 Å². The smallest absolute Gasteiger partial charge is 0.317 e. The molecule has 3 nitrogen and oxygen atoms in total. The van der Waals surface area contributed by atoms with Crippen molar-refractivity contribution in [3.63, 3.8) is 0 Å². The number of amides is 2. The van der Waals surface area contributed by atoms with Crippen LogP contribution in [-0.4, -0.2) is 30.1 Å². The second-order valence-electron chi connectivity index (χ2n) is 3.65. The van der Waals surface area contributed by atoms with Crippen molar-refractivity contribution in [2.24, 2.45) is 0 Å². The van der Waals surface area contributed by atoms with Gasteiger partial charge in [0.2, 0.25) is 0 Å². The van der Waals surface area contributed by atoms with Crippen LogP contribution in [0.5, 0.6) is 0 Å². The Balaban J connectivity index is 2.19. The Bertz CT molecular complexity index is 185. The van der Waals surface area contributed by atoms with Crippen LogP contribution in [0.25, 0.3) is 0 Å². The van der Waals surface area contributed by atoms with Crippen LogP contribution in [0.3, 0.4) is 0 Å². The first-order valence-corrected chi connectivity index (χ1v) is 4.26. The number of nitrogens with one attached hydrogen (secondary N) is 1. The molecule has 62 valence electrons. The van der Waals surface area contributed by atoms with Crippen LogP contribution >= 0.6 is 0 Å². The highest BCUT2D eigenvalue weighted by Gasteiger charge is 2.44. The number of carbonyl (C=O) groups excluding carboxylic acids is 1. The average molecular weight is 154 g/mol. The molecule has 2 rings (SSSR count). The Hall–Kier alpha value is -0.730. The summed E-state index contributed by atoms with van der Waals surface area (Å²) in [6, 6.07) is 0.104. The molecular formula is C8H14N2O. The van der Waals surface area contributed by atoms with Crippen LogP contribution in [0.1, 0.15) is 25.7 Å². The molecule has 2 aliphatic rings. The van der Waals surface area contributed by atoms with Crippen LogP contribution in [-0.2, 0) is 0 Å². The van der Waals surface area contributed by atoms with E-state index >= 15 is 0 Å². The molecule has 2 fully saturated rings. The largest absolute Gasteiger partial charge is 0.336 e. The fourth-order valence-electron chi connectivity index (χ4n) is 2.24. The molecule has 1 aliphatic carbocycles. The Labute approximate surface area is 66.8 Å². The van der Waals surface area contributed by atoms with E-state index in [9.17, 15) is 4.79 Å². The van der Waals surface area contributed by atoms with E-state index in [1.165, 1.54) is 25.7 Å². The minimum absolute atomic E-state index is 0.104. The molecule has 0 aromatic carbocycles. The molecule has 1 spiro atoms. The normalized spacial score (nSPS) is 28.1. The van der Waals surface area contributed by atoms with Gasteiger partial charge in [-0.1, -0.05) is 12.8 Å². The number of nitrogens with zero attached hydrogens (tertiary/aromatic N) is 1. The summed E-state index contributed by atoms with van der Waals surface area (Å²) < 4.78 is 0. The lowest BCUT2D eigenvalue weighted by atomic mass is 9.98. The number of rotatable bonds is 0. The zero-order valence-corrected chi connectivity index (χ0v) is 6.89. The third-order valence-electron chi connectivity index (χ3n) is 3.12. The lowest BCUT2D eigenvalue weighted by molar-refractivity contribution is 0.181. The lowest BCUT2D eigenvalue weighted by Crippen LogP contribution is -2.41. The lowest BCUT2D eigenvalue weighted by Gasteiger charge is -2.29. The molecule has 1 heterocycles. The minimum Gasteiger partial charge on any atom is -0.336 e. The van der Waals surface area contributed by atoms with Crippen molar-refractivity contribution in [2.45, 2.75) is 31.2 Å². The first-order chi connectivity index (χ1) is 5.25. The summed E-state index contributed by atoms with van der Waals surface area (Å²) in [5.41, 5.74) is 0.192. The van der Waals surface area contributed by atoms with Crippen LogP contribution in [0, 0.1) is 0 Å². The molecule has 3 heteroatoms. The quantitative estimate of drug-likeness (QED) is 0.553. The van der Waals surface area contributed by atoms with E-state index in [2.05, 4.69) is 5.32 Å². The van der Waals surface area contributed by atoms with Gasteiger partial charge in [-0.05, 0) is 12.8 Å².